The number of nitrogens with zero attached hydrogens (tertiary/aromatic N) is 5. The van der Waals surface area contributed by atoms with Crippen molar-refractivity contribution in [3.05, 3.63) is 115 Å². The van der Waals surface area contributed by atoms with Crippen molar-refractivity contribution in [3.63, 3.8) is 0 Å². The van der Waals surface area contributed by atoms with E-state index in [2.05, 4.69) is 20.3 Å². The summed E-state index contributed by atoms with van der Waals surface area (Å²) in [5, 5.41) is 2.93. The number of amides is 1. The topological polar surface area (TPSA) is 85.8 Å². The lowest BCUT2D eigenvalue weighted by atomic mass is 10.1. The fourth-order valence-electron chi connectivity index (χ4n) is 3.84. The van der Waals surface area contributed by atoms with Crippen molar-refractivity contribution in [2.24, 2.45) is 0 Å². The van der Waals surface area contributed by atoms with Crippen molar-refractivity contribution >= 4 is 23.0 Å². The minimum absolute atomic E-state index is 0.215. The van der Waals surface area contributed by atoms with Crippen LogP contribution in [0.15, 0.2) is 104 Å². The number of aromatic nitrogens is 5. The Hall–Kier alpha value is -4.98. The standard InChI is InChI=1S/C27H20N6O2/c34-26(30-21-10-8-19(9-11-21)24-17-33-14-4-12-28-27(33)31-24)20-5-3-6-23(15-20)35-18-22-16-32-13-2-1-7-25(32)29-22/h1-17H,18H2,(H,30,34). The van der Waals surface area contributed by atoms with E-state index in [1.165, 1.54) is 0 Å². The maximum absolute atomic E-state index is 12.8. The summed E-state index contributed by atoms with van der Waals surface area (Å²) in [5.74, 6) is 1.03. The molecule has 0 aliphatic carbocycles. The SMILES string of the molecule is O=C(Nc1ccc(-c2cn3cccnc3n2)cc1)c1cccc(OCc2cn3ccccc3n2)c1. The molecule has 1 amide bonds. The van der Waals surface area contributed by atoms with Gasteiger partial charge in [-0.15, -0.1) is 0 Å². The molecule has 8 heteroatoms. The predicted octanol–water partition coefficient (Wildman–Crippen LogP) is 4.88. The first-order valence-electron chi connectivity index (χ1n) is 11.1. The van der Waals surface area contributed by atoms with Gasteiger partial charge in [-0.05, 0) is 48.5 Å². The van der Waals surface area contributed by atoms with Crippen LogP contribution in [0.3, 0.4) is 0 Å². The number of anilines is 1. The highest BCUT2D eigenvalue weighted by Gasteiger charge is 2.10. The van der Waals surface area contributed by atoms with E-state index in [9.17, 15) is 4.79 Å². The lowest BCUT2D eigenvalue weighted by Crippen LogP contribution is -2.12. The van der Waals surface area contributed by atoms with Gasteiger partial charge >= 0.3 is 0 Å². The summed E-state index contributed by atoms with van der Waals surface area (Å²) in [6.45, 7) is 0.312. The molecule has 0 atom stereocenters. The van der Waals surface area contributed by atoms with Gasteiger partial charge in [0, 0.05) is 47.8 Å². The van der Waals surface area contributed by atoms with E-state index < -0.39 is 0 Å². The molecule has 0 unspecified atom stereocenters. The number of imidazole rings is 2. The smallest absolute Gasteiger partial charge is 0.255 e. The summed E-state index contributed by atoms with van der Waals surface area (Å²) < 4.78 is 9.70. The first-order chi connectivity index (χ1) is 17.2. The third kappa shape index (κ3) is 4.32. The Balaban J connectivity index is 1.12. The van der Waals surface area contributed by atoms with Gasteiger partial charge in [0.05, 0.1) is 11.4 Å². The number of rotatable bonds is 6. The van der Waals surface area contributed by atoms with Crippen molar-refractivity contribution < 1.29 is 9.53 Å². The Kier molecular flexibility index (Phi) is 5.16. The van der Waals surface area contributed by atoms with Crippen molar-refractivity contribution in [2.75, 3.05) is 5.32 Å². The molecular formula is C27H20N6O2. The number of carbonyl (C=O) groups excluding carboxylic acids is 1. The zero-order valence-corrected chi connectivity index (χ0v) is 18.6. The molecule has 4 aromatic heterocycles. The molecule has 0 fully saturated rings. The van der Waals surface area contributed by atoms with Crippen molar-refractivity contribution in [1.82, 2.24) is 23.8 Å². The molecule has 0 bridgehead atoms. The summed E-state index contributed by atoms with van der Waals surface area (Å²) >= 11 is 0. The number of nitrogens with one attached hydrogen (secondary N) is 1. The van der Waals surface area contributed by atoms with Gasteiger partial charge in [0.2, 0.25) is 5.78 Å². The molecule has 6 rings (SSSR count). The van der Waals surface area contributed by atoms with Crippen LogP contribution >= 0.6 is 0 Å². The third-order valence-electron chi connectivity index (χ3n) is 5.57. The molecule has 2 aromatic carbocycles. The van der Waals surface area contributed by atoms with E-state index in [4.69, 9.17) is 4.74 Å². The van der Waals surface area contributed by atoms with Crippen LogP contribution in [0, 0.1) is 0 Å². The van der Waals surface area contributed by atoms with Crippen LogP contribution in [0.2, 0.25) is 0 Å². The van der Waals surface area contributed by atoms with E-state index in [1.54, 1.807) is 24.4 Å². The highest BCUT2D eigenvalue weighted by Crippen LogP contribution is 2.22. The number of fused-ring (bicyclic) bond motifs is 2. The highest BCUT2D eigenvalue weighted by molar-refractivity contribution is 6.04. The second-order valence-corrected chi connectivity index (χ2v) is 8.00. The number of pyridine rings is 1. The zero-order valence-electron chi connectivity index (χ0n) is 18.6. The van der Waals surface area contributed by atoms with E-state index in [0.29, 0.717) is 29.4 Å². The molecule has 0 radical (unpaired) electrons. The molecule has 0 aliphatic rings. The lowest BCUT2D eigenvalue weighted by Gasteiger charge is -2.08. The van der Waals surface area contributed by atoms with Crippen molar-refractivity contribution in [3.8, 4) is 17.0 Å². The Morgan fingerprint density at radius 3 is 2.63 bits per heavy atom. The fourth-order valence-corrected chi connectivity index (χ4v) is 3.84. The Bertz CT molecular complexity index is 1590. The van der Waals surface area contributed by atoms with Gasteiger partial charge in [0.15, 0.2) is 0 Å². The Labute approximate surface area is 200 Å². The third-order valence-corrected chi connectivity index (χ3v) is 5.57. The zero-order chi connectivity index (χ0) is 23.6. The minimum atomic E-state index is -0.215. The summed E-state index contributed by atoms with van der Waals surface area (Å²) in [6.07, 6.45) is 9.41. The molecule has 1 N–H and O–H groups in total. The van der Waals surface area contributed by atoms with E-state index >= 15 is 0 Å². The minimum Gasteiger partial charge on any atom is -0.487 e. The Morgan fingerprint density at radius 2 is 1.77 bits per heavy atom. The van der Waals surface area contributed by atoms with Crippen LogP contribution < -0.4 is 10.1 Å². The first-order valence-corrected chi connectivity index (χ1v) is 11.1. The van der Waals surface area contributed by atoms with E-state index in [0.717, 1.165) is 22.6 Å². The fraction of sp³-hybridized carbons (Fsp3) is 0.0370. The van der Waals surface area contributed by atoms with Crippen LogP contribution in [-0.4, -0.2) is 29.7 Å². The maximum atomic E-state index is 12.8. The number of benzene rings is 2. The summed E-state index contributed by atoms with van der Waals surface area (Å²) in [5.41, 5.74) is 4.63. The van der Waals surface area contributed by atoms with Crippen LogP contribution in [0.1, 0.15) is 16.1 Å². The average molecular weight is 460 g/mol. The van der Waals surface area contributed by atoms with Crippen molar-refractivity contribution in [2.45, 2.75) is 6.61 Å². The maximum Gasteiger partial charge on any atom is 0.255 e. The molecule has 0 aliphatic heterocycles. The number of ether oxygens (including phenoxy) is 1. The summed E-state index contributed by atoms with van der Waals surface area (Å²) in [7, 11) is 0. The normalized spacial score (nSPS) is 11.1. The molecule has 35 heavy (non-hydrogen) atoms. The first kappa shape index (κ1) is 20.6. The number of carbonyl (C=O) groups is 1. The Morgan fingerprint density at radius 1 is 0.886 bits per heavy atom. The molecule has 170 valence electrons. The van der Waals surface area contributed by atoms with E-state index in [-0.39, 0.29) is 5.91 Å². The molecule has 8 nitrogen and oxygen atoms in total. The lowest BCUT2D eigenvalue weighted by molar-refractivity contribution is 0.102. The predicted molar refractivity (Wildman–Crippen MR) is 132 cm³/mol. The molecule has 6 aromatic rings. The quantitative estimate of drug-likeness (QED) is 0.383. The molecule has 4 heterocycles. The van der Waals surface area contributed by atoms with Crippen LogP contribution in [0.5, 0.6) is 5.75 Å². The number of hydrogen-bond donors (Lipinski definition) is 1. The van der Waals surface area contributed by atoms with Gasteiger partial charge in [0.25, 0.3) is 5.91 Å². The van der Waals surface area contributed by atoms with Gasteiger partial charge < -0.3 is 14.5 Å². The van der Waals surface area contributed by atoms with Gasteiger partial charge in [-0.3, -0.25) is 9.20 Å². The molecule has 0 saturated heterocycles. The van der Waals surface area contributed by atoms with Gasteiger partial charge in [-0.2, -0.15) is 0 Å². The van der Waals surface area contributed by atoms with Gasteiger partial charge in [-0.25, -0.2) is 15.0 Å². The van der Waals surface area contributed by atoms with Crippen LogP contribution in [0.4, 0.5) is 5.69 Å². The van der Waals surface area contributed by atoms with Gasteiger partial charge in [-0.1, -0.05) is 24.3 Å². The average Bonchev–Trinajstić information content (AvgIpc) is 3.52. The van der Waals surface area contributed by atoms with Crippen molar-refractivity contribution in [1.29, 1.82) is 0 Å². The van der Waals surface area contributed by atoms with Crippen LogP contribution in [-0.2, 0) is 6.61 Å². The second-order valence-electron chi connectivity index (χ2n) is 8.00. The largest absolute Gasteiger partial charge is 0.487 e. The van der Waals surface area contributed by atoms with Crippen LogP contribution in [0.25, 0.3) is 22.7 Å². The molecular weight excluding hydrogens is 440 g/mol. The summed E-state index contributed by atoms with van der Waals surface area (Å²) in [4.78, 5) is 26.1. The molecule has 0 spiro atoms. The monoisotopic (exact) mass is 460 g/mol. The summed E-state index contributed by atoms with van der Waals surface area (Å²) in [6, 6.07) is 22.4. The van der Waals surface area contributed by atoms with Gasteiger partial charge in [0.1, 0.15) is 18.0 Å². The number of hydrogen-bond acceptors (Lipinski definition) is 5. The molecule has 0 saturated carbocycles. The second kappa shape index (κ2) is 8.75. The van der Waals surface area contributed by atoms with E-state index in [1.807, 2.05) is 88.2 Å². The highest BCUT2D eigenvalue weighted by atomic mass is 16.5.